The molecule has 0 unspecified atom stereocenters. The number of halogens is 1. The highest BCUT2D eigenvalue weighted by molar-refractivity contribution is 7.89. The van der Waals surface area contributed by atoms with Crippen LogP contribution in [0.5, 0.6) is 0 Å². The fraction of sp³-hybridized carbons (Fsp3) is 0.462. The zero-order chi connectivity index (χ0) is 15.2. The van der Waals surface area contributed by atoms with Gasteiger partial charge in [-0.3, -0.25) is 4.79 Å². The summed E-state index contributed by atoms with van der Waals surface area (Å²) >= 11 is 5.80. The van der Waals surface area contributed by atoms with Crippen LogP contribution in [0.25, 0.3) is 0 Å². The molecule has 5 nitrogen and oxygen atoms in total. The maximum absolute atomic E-state index is 11.6. The van der Waals surface area contributed by atoms with Crippen molar-refractivity contribution in [2.75, 3.05) is 23.7 Å². The van der Waals surface area contributed by atoms with Gasteiger partial charge in [-0.25, -0.2) is 13.1 Å². The van der Waals surface area contributed by atoms with Gasteiger partial charge in [0.05, 0.1) is 5.75 Å². The molecule has 1 aromatic carbocycles. The Hall–Kier alpha value is -1.11. The molecule has 1 aromatic rings. The molecule has 0 atom stereocenters. The Morgan fingerprint density at radius 2 is 1.90 bits per heavy atom. The molecular weight excluding hydrogens is 300 g/mol. The summed E-state index contributed by atoms with van der Waals surface area (Å²) < 4.78 is 25.5. The lowest BCUT2D eigenvalue weighted by molar-refractivity contribution is -0.116. The third-order valence-electron chi connectivity index (χ3n) is 2.65. The highest BCUT2D eigenvalue weighted by Gasteiger charge is 2.13. The third-order valence-corrected chi connectivity index (χ3v) is 4.49. The average molecular weight is 319 g/mol. The first kappa shape index (κ1) is 16.9. The molecule has 0 aliphatic heterocycles. The van der Waals surface area contributed by atoms with Gasteiger partial charge in [-0.15, -0.1) is 0 Å². The van der Waals surface area contributed by atoms with Gasteiger partial charge in [0.2, 0.25) is 15.9 Å². The van der Waals surface area contributed by atoms with E-state index in [2.05, 4.69) is 4.72 Å². The third kappa shape index (κ3) is 5.48. The number of sulfonamides is 1. The summed E-state index contributed by atoms with van der Waals surface area (Å²) in [5.74, 6) is -0.0596. The first-order valence-electron chi connectivity index (χ1n) is 6.36. The number of rotatable bonds is 7. The molecule has 0 aliphatic rings. The van der Waals surface area contributed by atoms with Crippen LogP contribution >= 0.6 is 11.6 Å². The molecule has 0 radical (unpaired) electrons. The molecule has 0 fully saturated rings. The van der Waals surface area contributed by atoms with Crippen molar-refractivity contribution in [3.8, 4) is 0 Å². The Kier molecular flexibility index (Phi) is 6.45. The second kappa shape index (κ2) is 7.61. The van der Waals surface area contributed by atoms with Gasteiger partial charge >= 0.3 is 0 Å². The van der Waals surface area contributed by atoms with E-state index in [1.54, 1.807) is 31.2 Å². The largest absolute Gasteiger partial charge is 0.311 e. The van der Waals surface area contributed by atoms with Gasteiger partial charge in [-0.1, -0.05) is 18.5 Å². The van der Waals surface area contributed by atoms with Gasteiger partial charge in [0.25, 0.3) is 0 Å². The fourth-order valence-electron chi connectivity index (χ4n) is 1.74. The quantitative estimate of drug-likeness (QED) is 0.836. The van der Waals surface area contributed by atoms with Crippen LogP contribution in [0.2, 0.25) is 5.02 Å². The van der Waals surface area contributed by atoms with Gasteiger partial charge in [0.15, 0.2) is 0 Å². The predicted molar refractivity (Wildman–Crippen MR) is 81.6 cm³/mol. The number of carbonyl (C=O) groups excluding carboxylic acids is 1. The topological polar surface area (TPSA) is 66.5 Å². The van der Waals surface area contributed by atoms with Crippen molar-refractivity contribution in [3.63, 3.8) is 0 Å². The van der Waals surface area contributed by atoms with Crippen LogP contribution in [0.15, 0.2) is 24.3 Å². The predicted octanol–water partition coefficient (Wildman–Crippen LogP) is 2.02. The molecular formula is C13H19ClN2O3S. The second-order valence-corrected chi connectivity index (χ2v) is 6.72. The number of amides is 1. The van der Waals surface area contributed by atoms with Crippen LogP contribution in [-0.4, -0.2) is 33.2 Å². The SMILES string of the molecule is CCCS(=O)(=O)NCCN(C(C)=O)c1ccc(Cl)cc1. The lowest BCUT2D eigenvalue weighted by atomic mass is 10.3. The number of hydrogen-bond donors (Lipinski definition) is 1. The Morgan fingerprint density at radius 3 is 2.40 bits per heavy atom. The van der Waals surface area contributed by atoms with Gasteiger partial charge in [0.1, 0.15) is 0 Å². The van der Waals surface area contributed by atoms with Crippen molar-refractivity contribution < 1.29 is 13.2 Å². The summed E-state index contributed by atoms with van der Waals surface area (Å²) in [6.07, 6.45) is 0.558. The first-order chi connectivity index (χ1) is 9.35. The molecule has 0 bridgehead atoms. The van der Waals surface area contributed by atoms with E-state index in [0.29, 0.717) is 17.1 Å². The molecule has 0 saturated heterocycles. The molecule has 1 rings (SSSR count). The van der Waals surface area contributed by atoms with Crippen molar-refractivity contribution in [3.05, 3.63) is 29.3 Å². The van der Waals surface area contributed by atoms with E-state index in [9.17, 15) is 13.2 Å². The Morgan fingerprint density at radius 1 is 1.30 bits per heavy atom. The number of nitrogens with one attached hydrogen (secondary N) is 1. The molecule has 1 N–H and O–H groups in total. The Labute approximate surface area is 125 Å². The van der Waals surface area contributed by atoms with E-state index < -0.39 is 10.0 Å². The molecule has 1 amide bonds. The Bertz CT molecular complexity index is 543. The fourth-order valence-corrected chi connectivity index (χ4v) is 2.95. The van der Waals surface area contributed by atoms with E-state index in [1.807, 2.05) is 0 Å². The normalized spacial score (nSPS) is 11.3. The van der Waals surface area contributed by atoms with Crippen LogP contribution in [0, 0.1) is 0 Å². The molecule has 112 valence electrons. The van der Waals surface area contributed by atoms with Crippen LogP contribution in [0.4, 0.5) is 5.69 Å². The maximum Gasteiger partial charge on any atom is 0.223 e. The summed E-state index contributed by atoms with van der Waals surface area (Å²) in [6, 6.07) is 6.83. The molecule has 20 heavy (non-hydrogen) atoms. The maximum atomic E-state index is 11.6. The lowest BCUT2D eigenvalue weighted by Gasteiger charge is -2.21. The monoisotopic (exact) mass is 318 g/mol. The van der Waals surface area contributed by atoms with E-state index in [4.69, 9.17) is 11.6 Å². The minimum Gasteiger partial charge on any atom is -0.311 e. The summed E-state index contributed by atoms with van der Waals surface area (Å²) in [7, 11) is -3.25. The van der Waals surface area contributed by atoms with Crippen LogP contribution in [0.3, 0.4) is 0 Å². The average Bonchev–Trinajstić information content (AvgIpc) is 2.35. The van der Waals surface area contributed by atoms with E-state index in [1.165, 1.54) is 11.8 Å². The number of carbonyl (C=O) groups is 1. The number of anilines is 1. The van der Waals surface area contributed by atoms with Crippen LogP contribution in [0.1, 0.15) is 20.3 Å². The van der Waals surface area contributed by atoms with E-state index in [0.717, 1.165) is 0 Å². The van der Waals surface area contributed by atoms with Crippen molar-refractivity contribution >= 4 is 33.2 Å². The first-order valence-corrected chi connectivity index (χ1v) is 8.39. The summed E-state index contributed by atoms with van der Waals surface area (Å²) in [4.78, 5) is 13.1. The van der Waals surface area contributed by atoms with Crippen LogP contribution < -0.4 is 9.62 Å². The second-order valence-electron chi connectivity index (χ2n) is 4.36. The van der Waals surface area contributed by atoms with Gasteiger partial charge < -0.3 is 4.90 Å². The highest BCUT2D eigenvalue weighted by Crippen LogP contribution is 2.17. The van der Waals surface area contributed by atoms with Crippen molar-refractivity contribution in [1.29, 1.82) is 0 Å². The minimum absolute atomic E-state index is 0.0913. The zero-order valence-corrected chi connectivity index (χ0v) is 13.2. The number of benzene rings is 1. The molecule has 0 aliphatic carbocycles. The molecule has 0 heterocycles. The standard InChI is InChI=1S/C13H19ClN2O3S/c1-3-10-20(18,19)15-8-9-16(11(2)17)13-6-4-12(14)5-7-13/h4-7,15H,3,8-10H2,1-2H3. The van der Waals surface area contributed by atoms with Crippen molar-refractivity contribution in [2.24, 2.45) is 0 Å². The highest BCUT2D eigenvalue weighted by atomic mass is 35.5. The summed E-state index contributed by atoms with van der Waals surface area (Å²) in [6.45, 7) is 3.70. The Balaban J connectivity index is 2.65. The molecule has 0 spiro atoms. The number of nitrogens with zero attached hydrogens (tertiary/aromatic N) is 1. The van der Waals surface area contributed by atoms with Gasteiger partial charge in [-0.05, 0) is 30.7 Å². The zero-order valence-electron chi connectivity index (χ0n) is 11.6. The van der Waals surface area contributed by atoms with Crippen molar-refractivity contribution in [2.45, 2.75) is 20.3 Å². The van der Waals surface area contributed by atoms with Gasteiger partial charge in [0, 0.05) is 30.7 Å². The smallest absolute Gasteiger partial charge is 0.223 e. The lowest BCUT2D eigenvalue weighted by Crippen LogP contribution is -2.38. The molecule has 7 heteroatoms. The minimum atomic E-state index is -3.25. The number of hydrogen-bond acceptors (Lipinski definition) is 3. The van der Waals surface area contributed by atoms with Crippen molar-refractivity contribution in [1.82, 2.24) is 4.72 Å². The van der Waals surface area contributed by atoms with Crippen LogP contribution in [-0.2, 0) is 14.8 Å². The van der Waals surface area contributed by atoms with E-state index in [-0.39, 0.29) is 24.7 Å². The molecule has 0 aromatic heterocycles. The summed E-state index contributed by atoms with van der Waals surface area (Å²) in [5, 5.41) is 0.584. The summed E-state index contributed by atoms with van der Waals surface area (Å²) in [5.41, 5.74) is 0.691. The van der Waals surface area contributed by atoms with Gasteiger partial charge in [-0.2, -0.15) is 0 Å². The molecule has 0 saturated carbocycles. The van der Waals surface area contributed by atoms with E-state index >= 15 is 0 Å².